The highest BCUT2D eigenvalue weighted by atomic mass is 16.6. The Labute approximate surface area is 221 Å². The Morgan fingerprint density at radius 1 is 0.921 bits per heavy atom. The van der Waals surface area contributed by atoms with E-state index in [9.17, 15) is 24.3 Å². The van der Waals surface area contributed by atoms with Gasteiger partial charge in [-0.25, -0.2) is 4.79 Å². The van der Waals surface area contributed by atoms with Crippen LogP contribution in [0.1, 0.15) is 64.7 Å². The number of aliphatic hydroxyl groups excluding tert-OH is 1. The molecule has 1 heterocycles. The van der Waals surface area contributed by atoms with Crippen molar-refractivity contribution >= 4 is 23.9 Å². The van der Waals surface area contributed by atoms with Gasteiger partial charge in [0.15, 0.2) is 0 Å². The molecule has 2 aliphatic carbocycles. The first-order valence-corrected chi connectivity index (χ1v) is 12.9. The van der Waals surface area contributed by atoms with Crippen LogP contribution < -0.4 is 0 Å². The van der Waals surface area contributed by atoms with Crippen LogP contribution >= 0.6 is 0 Å². The van der Waals surface area contributed by atoms with Gasteiger partial charge in [-0.3, -0.25) is 14.4 Å². The molecule has 208 valence electrons. The van der Waals surface area contributed by atoms with E-state index in [1.54, 1.807) is 44.2 Å². The Hall–Kier alpha value is -2.98. The smallest absolute Gasteiger partial charge is 0.338 e. The van der Waals surface area contributed by atoms with E-state index < -0.39 is 77.4 Å². The topological polar surface area (TPSA) is 135 Å². The third-order valence-electron chi connectivity index (χ3n) is 8.42. The zero-order chi connectivity index (χ0) is 28.0. The van der Waals surface area contributed by atoms with E-state index >= 15 is 0 Å². The molecule has 8 atom stereocenters. The van der Waals surface area contributed by atoms with Crippen LogP contribution in [0.25, 0.3) is 0 Å². The van der Waals surface area contributed by atoms with E-state index in [4.69, 9.17) is 23.7 Å². The number of hydrogen-bond acceptors (Lipinski definition) is 10. The molecule has 1 spiro atoms. The summed E-state index contributed by atoms with van der Waals surface area (Å²) in [5.41, 5.74) is -3.84. The summed E-state index contributed by atoms with van der Waals surface area (Å²) in [7, 11) is 0. The first-order chi connectivity index (χ1) is 17.8. The van der Waals surface area contributed by atoms with Crippen LogP contribution in [0.3, 0.4) is 0 Å². The molecular formula is C28H36O10. The Morgan fingerprint density at radius 3 is 2.13 bits per heavy atom. The van der Waals surface area contributed by atoms with Crippen LogP contribution in [0.5, 0.6) is 0 Å². The summed E-state index contributed by atoms with van der Waals surface area (Å²) in [6.07, 6.45) is -3.92. The molecule has 2 bridgehead atoms. The van der Waals surface area contributed by atoms with Crippen LogP contribution in [0.2, 0.25) is 0 Å². The van der Waals surface area contributed by atoms with Gasteiger partial charge in [0, 0.05) is 20.8 Å². The predicted octanol–water partition coefficient (Wildman–Crippen LogP) is 2.59. The zero-order valence-electron chi connectivity index (χ0n) is 22.6. The van der Waals surface area contributed by atoms with E-state index in [1.165, 1.54) is 20.8 Å². The summed E-state index contributed by atoms with van der Waals surface area (Å²) in [5, 5.41) is 11.9. The summed E-state index contributed by atoms with van der Waals surface area (Å²) >= 11 is 0. The highest BCUT2D eigenvalue weighted by molar-refractivity contribution is 5.89. The second-order valence-corrected chi connectivity index (χ2v) is 11.1. The molecule has 0 aromatic heterocycles. The van der Waals surface area contributed by atoms with E-state index in [1.807, 2.05) is 6.92 Å². The monoisotopic (exact) mass is 532 g/mol. The molecular weight excluding hydrogens is 496 g/mol. The number of aliphatic hydroxyl groups is 1. The molecule has 38 heavy (non-hydrogen) atoms. The normalized spacial score (nSPS) is 36.9. The summed E-state index contributed by atoms with van der Waals surface area (Å²) in [5.74, 6) is -3.66. The van der Waals surface area contributed by atoms with Crippen molar-refractivity contribution in [3.63, 3.8) is 0 Å². The fourth-order valence-corrected chi connectivity index (χ4v) is 7.15. The van der Waals surface area contributed by atoms with Gasteiger partial charge in [0.1, 0.15) is 42.0 Å². The molecule has 3 aliphatic rings. The van der Waals surface area contributed by atoms with E-state index in [2.05, 4.69) is 0 Å². The molecule has 1 aromatic carbocycles. The minimum absolute atomic E-state index is 0.249. The molecule has 10 nitrogen and oxygen atoms in total. The Balaban J connectivity index is 1.99. The molecule has 1 aliphatic heterocycles. The first kappa shape index (κ1) is 28.0. The maximum absolute atomic E-state index is 13.4. The van der Waals surface area contributed by atoms with Crippen LogP contribution in [0, 0.1) is 17.3 Å². The van der Waals surface area contributed by atoms with Crippen molar-refractivity contribution in [1.82, 2.24) is 0 Å². The molecule has 0 radical (unpaired) electrons. The van der Waals surface area contributed by atoms with Crippen LogP contribution in [-0.2, 0) is 38.1 Å². The highest BCUT2D eigenvalue weighted by Crippen LogP contribution is 2.67. The molecule has 1 aromatic rings. The van der Waals surface area contributed by atoms with Crippen molar-refractivity contribution in [3.05, 3.63) is 35.9 Å². The largest absolute Gasteiger partial charge is 0.465 e. The highest BCUT2D eigenvalue weighted by Gasteiger charge is 2.83. The molecule has 2 saturated carbocycles. The number of ether oxygens (including phenoxy) is 5. The standard InChI is InChI=1S/C28H36O10/c1-15-12-13-20(35-17(3)30)27(14-34-16(2)29)24(37-25(33)19-10-8-7-9-11-19)22(32)21-23(36-18(4)31)28(15,27)38-26(21,5)6/h7-11,15,20-24,32H,12-14H2,1-6H3/t15-,20+,21-,22-,23-,24-,27+,28-/m1/s1. The van der Waals surface area contributed by atoms with E-state index in [0.717, 1.165) is 0 Å². The third-order valence-corrected chi connectivity index (χ3v) is 8.42. The Bertz CT molecular complexity index is 1100. The first-order valence-electron chi connectivity index (χ1n) is 12.9. The van der Waals surface area contributed by atoms with Crippen molar-refractivity contribution in [2.24, 2.45) is 17.3 Å². The lowest BCUT2D eigenvalue weighted by Gasteiger charge is -2.63. The molecule has 4 rings (SSSR count). The van der Waals surface area contributed by atoms with Crippen molar-refractivity contribution in [2.45, 2.75) is 90.0 Å². The summed E-state index contributed by atoms with van der Waals surface area (Å²) in [6.45, 7) is 8.79. The lowest BCUT2D eigenvalue weighted by molar-refractivity contribution is -0.313. The SMILES string of the molecule is CC(=O)OC[C@@]12[C@@H](OC(C)=O)CC[C@@H](C)[C@]13OC(C)(C)[C@H]([C@@H](O)[C@H]2OC(=O)c1ccccc1)[C@H]3OC(C)=O. The number of rotatable bonds is 6. The lowest BCUT2D eigenvalue weighted by atomic mass is 9.47. The van der Waals surface area contributed by atoms with Crippen LogP contribution in [0.15, 0.2) is 30.3 Å². The summed E-state index contributed by atoms with van der Waals surface area (Å²) in [4.78, 5) is 50.3. The van der Waals surface area contributed by atoms with Gasteiger partial charge in [0.2, 0.25) is 0 Å². The van der Waals surface area contributed by atoms with Gasteiger partial charge >= 0.3 is 23.9 Å². The van der Waals surface area contributed by atoms with Crippen molar-refractivity contribution in [2.75, 3.05) is 6.61 Å². The minimum Gasteiger partial charge on any atom is -0.465 e. The summed E-state index contributed by atoms with van der Waals surface area (Å²) < 4.78 is 30.2. The van der Waals surface area contributed by atoms with E-state index in [0.29, 0.717) is 12.8 Å². The van der Waals surface area contributed by atoms with Gasteiger partial charge in [-0.15, -0.1) is 0 Å². The quantitative estimate of drug-likeness (QED) is 0.430. The number of hydrogen-bond donors (Lipinski definition) is 1. The second-order valence-electron chi connectivity index (χ2n) is 11.1. The van der Waals surface area contributed by atoms with Crippen molar-refractivity contribution in [3.8, 4) is 0 Å². The van der Waals surface area contributed by atoms with Gasteiger partial charge in [0.05, 0.1) is 17.1 Å². The average molecular weight is 533 g/mol. The number of carbonyl (C=O) groups is 4. The van der Waals surface area contributed by atoms with Gasteiger partial charge in [-0.2, -0.15) is 0 Å². The van der Waals surface area contributed by atoms with Crippen molar-refractivity contribution < 1.29 is 48.0 Å². The fourth-order valence-electron chi connectivity index (χ4n) is 7.15. The Morgan fingerprint density at radius 2 is 1.55 bits per heavy atom. The maximum atomic E-state index is 13.4. The number of fused-ring (bicyclic) bond motifs is 1. The van der Waals surface area contributed by atoms with Gasteiger partial charge in [-0.1, -0.05) is 25.1 Å². The van der Waals surface area contributed by atoms with Crippen molar-refractivity contribution in [1.29, 1.82) is 0 Å². The maximum Gasteiger partial charge on any atom is 0.338 e. The molecule has 0 unspecified atom stereocenters. The van der Waals surface area contributed by atoms with Crippen LogP contribution in [-0.4, -0.2) is 71.2 Å². The third kappa shape index (κ3) is 4.27. The minimum atomic E-state index is -1.60. The van der Waals surface area contributed by atoms with Crippen LogP contribution in [0.4, 0.5) is 0 Å². The lowest BCUT2D eigenvalue weighted by Crippen LogP contribution is -2.79. The number of esters is 4. The fraction of sp³-hybridized carbons (Fsp3) is 0.643. The number of benzene rings is 1. The molecule has 1 N–H and O–H groups in total. The van der Waals surface area contributed by atoms with Gasteiger partial charge in [-0.05, 0) is 44.7 Å². The molecule has 0 amide bonds. The zero-order valence-corrected chi connectivity index (χ0v) is 22.6. The number of carbonyl (C=O) groups excluding carboxylic acids is 4. The van der Waals surface area contributed by atoms with Gasteiger partial charge in [0.25, 0.3) is 0 Å². The van der Waals surface area contributed by atoms with E-state index in [-0.39, 0.29) is 11.5 Å². The van der Waals surface area contributed by atoms with Gasteiger partial charge < -0.3 is 28.8 Å². The molecule has 3 fully saturated rings. The Kier molecular flexibility index (Phi) is 7.35. The molecule has 1 saturated heterocycles. The summed E-state index contributed by atoms with van der Waals surface area (Å²) in [6, 6.07) is 8.27. The molecule has 10 heteroatoms. The predicted molar refractivity (Wildman–Crippen MR) is 132 cm³/mol. The second kappa shape index (κ2) is 9.96. The average Bonchev–Trinajstić information content (AvgIpc) is 3.03.